The van der Waals surface area contributed by atoms with Gasteiger partial charge >= 0.3 is 0 Å². The molecule has 6 heteroatoms. The van der Waals surface area contributed by atoms with Crippen LogP contribution < -0.4 is 10.3 Å². The van der Waals surface area contributed by atoms with E-state index in [0.717, 1.165) is 15.7 Å². The van der Waals surface area contributed by atoms with Gasteiger partial charge in [-0.1, -0.05) is 25.1 Å². The van der Waals surface area contributed by atoms with E-state index >= 15 is 0 Å². The number of aromatic nitrogens is 1. The molecule has 0 saturated heterocycles. The van der Waals surface area contributed by atoms with Crippen molar-refractivity contribution in [1.29, 1.82) is 5.26 Å². The third-order valence-corrected chi connectivity index (χ3v) is 4.81. The van der Waals surface area contributed by atoms with E-state index < -0.39 is 17.2 Å². The summed E-state index contributed by atoms with van der Waals surface area (Å²) >= 11 is 0. The Labute approximate surface area is 158 Å². The average Bonchev–Trinajstić information content (AvgIpc) is 2.61. The molecular formula is C21H24N2O4. The summed E-state index contributed by atoms with van der Waals surface area (Å²) in [6.07, 6.45) is 0.563. The monoisotopic (exact) mass is 368 g/mol. The molecule has 142 valence electrons. The number of Topliss-reactive ketones (excluding diaryl/α,β-unsaturated/α-hetero) is 1. The van der Waals surface area contributed by atoms with Crippen molar-refractivity contribution in [2.45, 2.75) is 47.1 Å². The topological polar surface area (TPSA) is 92.3 Å². The number of aryl methyl sites for hydroxylation is 2. The molecule has 0 spiro atoms. The Bertz CT molecular complexity index is 963. The fraction of sp³-hybridized carbons (Fsp3) is 0.381. The molecule has 0 aliphatic rings. The number of pyridine rings is 1. The number of nitrogens with zero attached hydrogens (tertiary/aromatic N) is 2. The highest BCUT2D eigenvalue weighted by Crippen LogP contribution is 2.27. The molecule has 0 aliphatic heterocycles. The first kappa shape index (κ1) is 20.2. The van der Waals surface area contributed by atoms with Crippen molar-refractivity contribution in [3.8, 4) is 17.7 Å². The van der Waals surface area contributed by atoms with E-state index in [1.54, 1.807) is 6.92 Å². The summed E-state index contributed by atoms with van der Waals surface area (Å²) in [6.45, 7) is 8.56. The molecule has 0 bridgehead atoms. The second kappa shape index (κ2) is 8.09. The highest BCUT2D eigenvalue weighted by atomic mass is 16.5. The Kier molecular flexibility index (Phi) is 6.06. The van der Waals surface area contributed by atoms with Crippen LogP contribution in [0.1, 0.15) is 58.9 Å². The largest absolute Gasteiger partial charge is 0.494 e. The molecule has 1 N–H and O–H groups in total. The quantitative estimate of drug-likeness (QED) is 0.787. The molecule has 1 aromatic heterocycles. The minimum Gasteiger partial charge on any atom is -0.494 e. The minimum atomic E-state index is -0.589. The van der Waals surface area contributed by atoms with E-state index in [1.165, 1.54) is 6.92 Å². The number of rotatable bonds is 6. The molecule has 0 amide bonds. The van der Waals surface area contributed by atoms with Crippen LogP contribution in [0.3, 0.4) is 0 Å². The third-order valence-electron chi connectivity index (χ3n) is 4.81. The number of hydrogen-bond donors (Lipinski definition) is 1. The van der Waals surface area contributed by atoms with E-state index in [4.69, 9.17) is 4.74 Å². The van der Waals surface area contributed by atoms with Crippen LogP contribution in [0, 0.1) is 32.1 Å². The minimum absolute atomic E-state index is 0.0438. The van der Waals surface area contributed by atoms with Gasteiger partial charge in [0.25, 0.3) is 5.56 Å². The van der Waals surface area contributed by atoms with Crippen LogP contribution in [-0.4, -0.2) is 22.1 Å². The third kappa shape index (κ3) is 3.72. The molecule has 2 aromatic rings. The zero-order chi connectivity index (χ0) is 20.3. The molecule has 0 radical (unpaired) electrons. The molecule has 1 aromatic carbocycles. The second-order valence-electron chi connectivity index (χ2n) is 6.68. The number of ether oxygens (including phenoxy) is 1. The van der Waals surface area contributed by atoms with Crippen molar-refractivity contribution in [3.63, 3.8) is 0 Å². The number of carbonyl (C=O) groups excluding carboxylic acids is 1. The average molecular weight is 368 g/mol. The Balaban J connectivity index is 2.50. The maximum Gasteiger partial charge on any atom is 0.271 e. The van der Waals surface area contributed by atoms with Gasteiger partial charge in [0, 0.05) is 6.04 Å². The molecular weight excluding hydrogens is 344 g/mol. The van der Waals surface area contributed by atoms with Gasteiger partial charge in [-0.3, -0.25) is 14.2 Å². The van der Waals surface area contributed by atoms with E-state index in [-0.39, 0.29) is 29.3 Å². The van der Waals surface area contributed by atoms with E-state index in [9.17, 15) is 20.0 Å². The van der Waals surface area contributed by atoms with Crippen molar-refractivity contribution in [2.24, 2.45) is 0 Å². The van der Waals surface area contributed by atoms with Gasteiger partial charge in [0.15, 0.2) is 6.61 Å². The van der Waals surface area contributed by atoms with E-state index in [2.05, 4.69) is 0 Å². The van der Waals surface area contributed by atoms with Crippen molar-refractivity contribution in [2.75, 3.05) is 6.61 Å². The zero-order valence-electron chi connectivity index (χ0n) is 16.3. The highest BCUT2D eigenvalue weighted by molar-refractivity contribution is 6.01. The SMILES string of the molecule is CCC(C)n1c(O)c(C(=O)COc2c(C)cccc2C)c(C)c(C#N)c1=O. The summed E-state index contributed by atoms with van der Waals surface area (Å²) in [5, 5.41) is 20.0. The zero-order valence-corrected chi connectivity index (χ0v) is 16.3. The number of benzene rings is 1. The lowest BCUT2D eigenvalue weighted by molar-refractivity contribution is 0.0915. The standard InChI is InChI=1S/C21H24N2O4/c1-6-14(4)23-20(25)16(10-22)15(5)18(21(23)26)17(24)11-27-19-12(2)8-7-9-13(19)3/h7-9,14,26H,6,11H2,1-5H3. The van der Waals surface area contributed by atoms with Crippen molar-refractivity contribution in [1.82, 2.24) is 4.57 Å². The van der Waals surface area contributed by atoms with Gasteiger partial charge in [-0.2, -0.15) is 5.26 Å². The van der Waals surface area contributed by atoms with Crippen LogP contribution >= 0.6 is 0 Å². The number of aromatic hydroxyl groups is 1. The van der Waals surface area contributed by atoms with Crippen molar-refractivity contribution < 1.29 is 14.6 Å². The van der Waals surface area contributed by atoms with E-state index in [1.807, 2.05) is 45.0 Å². The maximum absolute atomic E-state index is 12.8. The lowest BCUT2D eigenvalue weighted by Crippen LogP contribution is -2.29. The van der Waals surface area contributed by atoms with Crippen LogP contribution in [0.2, 0.25) is 0 Å². The molecule has 2 rings (SSSR count). The predicted molar refractivity (Wildman–Crippen MR) is 103 cm³/mol. The first-order valence-electron chi connectivity index (χ1n) is 8.84. The maximum atomic E-state index is 12.8. The van der Waals surface area contributed by atoms with Crippen LogP contribution in [-0.2, 0) is 0 Å². The number of nitriles is 1. The van der Waals surface area contributed by atoms with Gasteiger partial charge in [0.05, 0.1) is 5.56 Å². The van der Waals surface area contributed by atoms with Gasteiger partial charge in [0.2, 0.25) is 11.7 Å². The number of ketones is 1. The molecule has 1 atom stereocenters. The summed E-state index contributed by atoms with van der Waals surface area (Å²) in [4.78, 5) is 25.3. The summed E-state index contributed by atoms with van der Waals surface area (Å²) in [6, 6.07) is 7.17. The normalized spacial score (nSPS) is 11.7. The highest BCUT2D eigenvalue weighted by Gasteiger charge is 2.26. The van der Waals surface area contributed by atoms with Crippen LogP contribution in [0.4, 0.5) is 0 Å². The number of para-hydroxylation sites is 1. The lowest BCUT2D eigenvalue weighted by Gasteiger charge is -2.20. The number of hydrogen-bond acceptors (Lipinski definition) is 5. The summed E-state index contributed by atoms with van der Waals surface area (Å²) < 4.78 is 6.80. The first-order chi connectivity index (χ1) is 12.7. The summed E-state index contributed by atoms with van der Waals surface area (Å²) in [7, 11) is 0. The van der Waals surface area contributed by atoms with Gasteiger partial charge < -0.3 is 9.84 Å². The summed E-state index contributed by atoms with van der Waals surface area (Å²) in [5.74, 6) is -0.291. The Morgan fingerprint density at radius 3 is 2.41 bits per heavy atom. The second-order valence-corrected chi connectivity index (χ2v) is 6.68. The van der Waals surface area contributed by atoms with Crippen LogP contribution in [0.5, 0.6) is 11.6 Å². The molecule has 0 fully saturated rings. The number of carbonyl (C=O) groups is 1. The molecule has 0 saturated carbocycles. The van der Waals surface area contributed by atoms with E-state index in [0.29, 0.717) is 12.2 Å². The summed E-state index contributed by atoms with van der Waals surface area (Å²) in [5.41, 5.74) is 1.20. The first-order valence-corrected chi connectivity index (χ1v) is 8.84. The molecule has 1 heterocycles. The fourth-order valence-corrected chi connectivity index (χ4v) is 3.08. The molecule has 1 unspecified atom stereocenters. The molecule has 0 aliphatic carbocycles. The lowest BCUT2D eigenvalue weighted by atomic mass is 10.0. The molecule has 27 heavy (non-hydrogen) atoms. The van der Waals surface area contributed by atoms with Gasteiger partial charge in [-0.15, -0.1) is 0 Å². The predicted octanol–water partition coefficient (Wildman–Crippen LogP) is 3.58. The van der Waals surface area contributed by atoms with Gasteiger partial charge in [-0.25, -0.2) is 0 Å². The van der Waals surface area contributed by atoms with Crippen molar-refractivity contribution in [3.05, 3.63) is 56.4 Å². The Morgan fingerprint density at radius 1 is 1.30 bits per heavy atom. The van der Waals surface area contributed by atoms with Crippen LogP contribution in [0.25, 0.3) is 0 Å². The molecule has 6 nitrogen and oxygen atoms in total. The Hall–Kier alpha value is -3.07. The fourth-order valence-electron chi connectivity index (χ4n) is 3.08. The Morgan fingerprint density at radius 2 is 1.89 bits per heavy atom. The van der Waals surface area contributed by atoms with Gasteiger partial charge in [-0.05, 0) is 50.8 Å². The van der Waals surface area contributed by atoms with Crippen molar-refractivity contribution >= 4 is 5.78 Å². The smallest absolute Gasteiger partial charge is 0.271 e. The van der Waals surface area contributed by atoms with Gasteiger partial charge in [0.1, 0.15) is 17.4 Å². The van der Waals surface area contributed by atoms with Crippen LogP contribution in [0.15, 0.2) is 23.0 Å².